The summed E-state index contributed by atoms with van der Waals surface area (Å²) in [5.41, 5.74) is -2.41. The number of amides is 1. The summed E-state index contributed by atoms with van der Waals surface area (Å²) in [4.78, 5) is 16.4. The molecule has 9 nitrogen and oxygen atoms in total. The Morgan fingerprint density at radius 3 is 2.24 bits per heavy atom. The van der Waals surface area contributed by atoms with Crippen LogP contribution in [0.15, 0.2) is 65.6 Å². The molecule has 4 aromatic rings. The number of primary sulfonamides is 1. The molecule has 0 radical (unpaired) electrons. The van der Waals surface area contributed by atoms with Crippen molar-refractivity contribution in [1.82, 2.24) is 14.6 Å². The van der Waals surface area contributed by atoms with Crippen molar-refractivity contribution in [2.75, 3.05) is 5.32 Å². The number of nitrogens with one attached hydrogen (secondary N) is 1. The Morgan fingerprint density at radius 1 is 0.973 bits per heavy atom. The fourth-order valence-corrected chi connectivity index (χ4v) is 3.77. The minimum absolute atomic E-state index is 0.0144. The van der Waals surface area contributed by atoms with Gasteiger partial charge in [0.2, 0.25) is 10.0 Å². The minimum Gasteiger partial charge on any atom is -0.406 e. The van der Waals surface area contributed by atoms with Crippen LogP contribution < -0.4 is 15.2 Å². The molecule has 0 spiro atoms. The predicted octanol–water partition coefficient (Wildman–Crippen LogP) is 4.21. The standard InChI is InChI=1S/C21H13F6N5O4S/c22-20(23,24)17-9-15(11-4-6-13(7-5-11)36-21(25,26)27)30-18-10-16(31-32(17)18)19(33)29-12-2-1-3-14(8-12)37(28,34)35/h1-10H,(H,29,33)(H2,28,34,35). The number of sulfonamides is 1. The SMILES string of the molecule is NS(=O)(=O)c1cccc(NC(=O)c2cc3nc(-c4ccc(OC(F)(F)F)cc4)cc(C(F)(F)F)n3n2)c1. The molecule has 0 saturated heterocycles. The van der Waals surface area contributed by atoms with Gasteiger partial charge in [-0.1, -0.05) is 6.07 Å². The second-order valence-corrected chi connectivity index (χ2v) is 8.98. The molecule has 0 aliphatic carbocycles. The number of rotatable bonds is 5. The van der Waals surface area contributed by atoms with E-state index >= 15 is 0 Å². The maximum Gasteiger partial charge on any atom is 0.573 e. The van der Waals surface area contributed by atoms with Crippen LogP contribution in [-0.4, -0.2) is 35.3 Å². The third-order valence-corrected chi connectivity index (χ3v) is 5.67. The molecule has 3 N–H and O–H groups in total. The van der Waals surface area contributed by atoms with E-state index in [1.165, 1.54) is 18.2 Å². The van der Waals surface area contributed by atoms with Gasteiger partial charge in [0, 0.05) is 17.3 Å². The lowest BCUT2D eigenvalue weighted by Crippen LogP contribution is -2.17. The van der Waals surface area contributed by atoms with E-state index in [4.69, 9.17) is 5.14 Å². The number of nitrogens with zero attached hydrogens (tertiary/aromatic N) is 3. The van der Waals surface area contributed by atoms with Gasteiger partial charge in [-0.2, -0.15) is 18.3 Å². The van der Waals surface area contributed by atoms with Crippen molar-refractivity contribution in [3.05, 3.63) is 72.1 Å². The van der Waals surface area contributed by atoms with Crippen LogP contribution in [0.2, 0.25) is 0 Å². The average molecular weight is 545 g/mol. The number of nitrogens with two attached hydrogens (primary N) is 1. The van der Waals surface area contributed by atoms with Crippen LogP contribution in [0.1, 0.15) is 16.2 Å². The molecule has 16 heteroatoms. The Labute approximate surface area is 203 Å². The summed E-state index contributed by atoms with van der Waals surface area (Å²) in [7, 11) is -4.08. The van der Waals surface area contributed by atoms with Crippen molar-refractivity contribution in [2.45, 2.75) is 17.4 Å². The first-order valence-electron chi connectivity index (χ1n) is 9.88. The fraction of sp³-hybridized carbons (Fsp3) is 0.0952. The maximum atomic E-state index is 13.8. The lowest BCUT2D eigenvalue weighted by atomic mass is 10.1. The summed E-state index contributed by atoms with van der Waals surface area (Å²) in [6, 6.07) is 10.4. The number of carbonyl (C=O) groups excluding carboxylic acids is 1. The summed E-state index contributed by atoms with van der Waals surface area (Å²) in [5.74, 6) is -1.55. The van der Waals surface area contributed by atoms with Gasteiger partial charge in [0.05, 0.1) is 10.6 Å². The lowest BCUT2D eigenvalue weighted by molar-refractivity contribution is -0.274. The number of anilines is 1. The molecule has 0 unspecified atom stereocenters. The van der Waals surface area contributed by atoms with Crippen molar-refractivity contribution >= 4 is 27.3 Å². The smallest absolute Gasteiger partial charge is 0.406 e. The van der Waals surface area contributed by atoms with Crippen molar-refractivity contribution in [2.24, 2.45) is 5.14 Å². The van der Waals surface area contributed by atoms with Gasteiger partial charge < -0.3 is 10.1 Å². The molecule has 2 aromatic heterocycles. The van der Waals surface area contributed by atoms with Gasteiger partial charge in [-0.05, 0) is 48.5 Å². The number of aromatic nitrogens is 3. The zero-order valence-corrected chi connectivity index (χ0v) is 18.8. The van der Waals surface area contributed by atoms with Crippen molar-refractivity contribution in [3.63, 3.8) is 0 Å². The lowest BCUT2D eigenvalue weighted by Gasteiger charge is -2.12. The number of ether oxygens (including phenoxy) is 1. The molecule has 1 amide bonds. The van der Waals surface area contributed by atoms with Gasteiger partial charge in [-0.15, -0.1) is 13.2 Å². The highest BCUT2D eigenvalue weighted by Crippen LogP contribution is 2.33. The Morgan fingerprint density at radius 2 is 1.65 bits per heavy atom. The Bertz CT molecular complexity index is 1600. The molecule has 0 fully saturated rings. The van der Waals surface area contributed by atoms with Crippen LogP contribution >= 0.6 is 0 Å². The zero-order valence-electron chi connectivity index (χ0n) is 18.0. The van der Waals surface area contributed by atoms with Crippen molar-refractivity contribution in [3.8, 4) is 17.0 Å². The van der Waals surface area contributed by atoms with Crippen LogP contribution in [0.4, 0.5) is 32.0 Å². The second kappa shape index (κ2) is 9.04. The molecule has 0 saturated carbocycles. The Kier molecular flexibility index (Phi) is 6.33. The summed E-state index contributed by atoms with van der Waals surface area (Å²) in [6.07, 6.45) is -9.89. The summed E-state index contributed by atoms with van der Waals surface area (Å²) < 4.78 is 106. The highest BCUT2D eigenvalue weighted by Gasteiger charge is 2.36. The first kappa shape index (κ1) is 25.9. The molecule has 0 aliphatic rings. The fourth-order valence-electron chi connectivity index (χ4n) is 3.21. The van der Waals surface area contributed by atoms with E-state index in [0.29, 0.717) is 10.6 Å². The summed E-state index contributed by atoms with van der Waals surface area (Å²) >= 11 is 0. The van der Waals surface area contributed by atoms with E-state index in [-0.39, 0.29) is 27.5 Å². The molecule has 194 valence electrons. The molecular weight excluding hydrogens is 532 g/mol. The van der Waals surface area contributed by atoms with Gasteiger partial charge in [-0.3, -0.25) is 4.79 Å². The zero-order chi connectivity index (χ0) is 27.2. The predicted molar refractivity (Wildman–Crippen MR) is 116 cm³/mol. The number of carbonyl (C=O) groups is 1. The minimum atomic E-state index is -4.95. The van der Waals surface area contributed by atoms with Gasteiger partial charge in [0.1, 0.15) is 5.75 Å². The van der Waals surface area contributed by atoms with Gasteiger partial charge in [-0.25, -0.2) is 23.1 Å². The van der Waals surface area contributed by atoms with Gasteiger partial charge >= 0.3 is 12.5 Å². The number of alkyl halides is 6. The van der Waals surface area contributed by atoms with E-state index in [1.54, 1.807) is 0 Å². The monoisotopic (exact) mass is 545 g/mol. The number of fused-ring (bicyclic) bond motifs is 1. The van der Waals surface area contributed by atoms with Crippen LogP contribution in [-0.2, 0) is 16.2 Å². The molecule has 0 aliphatic heterocycles. The van der Waals surface area contributed by atoms with E-state index < -0.39 is 45.6 Å². The van der Waals surface area contributed by atoms with Crippen molar-refractivity contribution in [1.29, 1.82) is 0 Å². The van der Waals surface area contributed by atoms with E-state index in [1.807, 2.05) is 0 Å². The summed E-state index contributed by atoms with van der Waals surface area (Å²) in [5, 5.41) is 11.0. The quantitative estimate of drug-likeness (QED) is 0.362. The number of hydrogen-bond acceptors (Lipinski definition) is 6. The third kappa shape index (κ3) is 5.97. The highest BCUT2D eigenvalue weighted by atomic mass is 32.2. The molecule has 2 aromatic carbocycles. The number of hydrogen-bond donors (Lipinski definition) is 2. The second-order valence-electron chi connectivity index (χ2n) is 7.42. The largest absolute Gasteiger partial charge is 0.573 e. The molecule has 4 rings (SSSR count). The Hall–Kier alpha value is -4.18. The normalized spacial score (nSPS) is 12.5. The van der Waals surface area contributed by atoms with Gasteiger partial charge in [0.25, 0.3) is 5.91 Å². The maximum absolute atomic E-state index is 13.8. The molecular formula is C21H13F6N5O4S. The van der Waals surface area contributed by atoms with Crippen LogP contribution in [0.25, 0.3) is 16.9 Å². The van der Waals surface area contributed by atoms with Crippen LogP contribution in [0.3, 0.4) is 0 Å². The van der Waals surface area contributed by atoms with Crippen molar-refractivity contribution < 1.29 is 44.3 Å². The molecule has 0 bridgehead atoms. The van der Waals surface area contributed by atoms with Crippen LogP contribution in [0, 0.1) is 0 Å². The Balaban J connectivity index is 1.71. The summed E-state index contributed by atoms with van der Waals surface area (Å²) in [6.45, 7) is 0. The van der Waals surface area contributed by atoms with Gasteiger partial charge in [0.15, 0.2) is 17.0 Å². The topological polar surface area (TPSA) is 129 Å². The molecule has 0 atom stereocenters. The first-order valence-corrected chi connectivity index (χ1v) is 11.4. The van der Waals surface area contributed by atoms with E-state index in [0.717, 1.165) is 36.4 Å². The third-order valence-electron chi connectivity index (χ3n) is 4.75. The van der Waals surface area contributed by atoms with E-state index in [9.17, 15) is 39.6 Å². The number of halogens is 6. The van der Waals surface area contributed by atoms with Crippen LogP contribution in [0.5, 0.6) is 5.75 Å². The highest BCUT2D eigenvalue weighted by molar-refractivity contribution is 7.89. The molecule has 2 heterocycles. The average Bonchev–Trinajstić information content (AvgIpc) is 3.21. The van der Waals surface area contributed by atoms with E-state index in [2.05, 4.69) is 20.1 Å². The first-order chi connectivity index (χ1) is 17.1. The molecule has 37 heavy (non-hydrogen) atoms. The number of benzene rings is 2.